The molecule has 0 fully saturated rings. The molecule has 6 heteroatoms. The van der Waals surface area contributed by atoms with E-state index in [1.165, 1.54) is 0 Å². The molecule has 0 aliphatic heterocycles. The Hall–Kier alpha value is -2.73. The summed E-state index contributed by atoms with van der Waals surface area (Å²) in [5.41, 5.74) is 1.03. The van der Waals surface area contributed by atoms with Crippen molar-refractivity contribution in [2.24, 2.45) is 0 Å². The normalized spacial score (nSPS) is 11.3. The molecule has 0 unspecified atom stereocenters. The zero-order valence-corrected chi connectivity index (χ0v) is 14.0. The Morgan fingerprint density at radius 3 is 1.80 bits per heavy atom. The molecule has 0 aliphatic rings. The van der Waals surface area contributed by atoms with Crippen molar-refractivity contribution in [1.82, 2.24) is 0 Å². The first-order chi connectivity index (χ1) is 12.0. The Morgan fingerprint density at radius 1 is 0.720 bits per heavy atom. The van der Waals surface area contributed by atoms with E-state index in [0.717, 1.165) is 22.5 Å². The molecule has 0 saturated heterocycles. The highest BCUT2D eigenvalue weighted by atomic mass is 32.2. The summed E-state index contributed by atoms with van der Waals surface area (Å²) in [5.74, 6) is -2.23. The average Bonchev–Trinajstić information content (AvgIpc) is 2.61. The van der Waals surface area contributed by atoms with Crippen LogP contribution < -0.4 is 4.31 Å². The van der Waals surface area contributed by atoms with Crippen molar-refractivity contribution in [3.05, 3.63) is 96.1 Å². The van der Waals surface area contributed by atoms with E-state index < -0.39 is 26.6 Å². The molecule has 25 heavy (non-hydrogen) atoms. The summed E-state index contributed by atoms with van der Waals surface area (Å²) >= 11 is 0. The predicted molar refractivity (Wildman–Crippen MR) is 92.6 cm³/mol. The van der Waals surface area contributed by atoms with E-state index >= 15 is 0 Å². The molecule has 0 radical (unpaired) electrons. The quantitative estimate of drug-likeness (QED) is 0.679. The molecule has 0 bridgehead atoms. The fourth-order valence-electron chi connectivity index (χ4n) is 2.50. The molecule has 0 heterocycles. The predicted octanol–water partition coefficient (Wildman–Crippen LogP) is 4.36. The van der Waals surface area contributed by atoms with Crippen LogP contribution in [0.25, 0.3) is 0 Å². The van der Waals surface area contributed by atoms with Crippen LogP contribution in [0, 0.1) is 11.6 Å². The third kappa shape index (κ3) is 3.53. The van der Waals surface area contributed by atoms with Gasteiger partial charge in [-0.25, -0.2) is 17.2 Å². The van der Waals surface area contributed by atoms with Gasteiger partial charge in [0, 0.05) is 0 Å². The van der Waals surface area contributed by atoms with Gasteiger partial charge in [0.05, 0.1) is 12.2 Å². The summed E-state index contributed by atoms with van der Waals surface area (Å²) in [7, 11) is -4.43. The summed E-state index contributed by atoms with van der Waals surface area (Å²) in [6.45, 7) is -0.0407. The van der Waals surface area contributed by atoms with Crippen molar-refractivity contribution in [3.8, 4) is 0 Å². The lowest BCUT2D eigenvalue weighted by Gasteiger charge is -2.25. The largest absolute Gasteiger partial charge is 0.270 e. The van der Waals surface area contributed by atoms with Crippen LogP contribution in [0.5, 0.6) is 0 Å². The van der Waals surface area contributed by atoms with Crippen molar-refractivity contribution in [1.29, 1.82) is 0 Å². The highest BCUT2D eigenvalue weighted by Gasteiger charge is 2.31. The van der Waals surface area contributed by atoms with Gasteiger partial charge in [0.2, 0.25) is 0 Å². The molecule has 0 atom stereocenters. The summed E-state index contributed by atoms with van der Waals surface area (Å²) < 4.78 is 55.3. The minimum Gasteiger partial charge on any atom is -0.262 e. The standard InChI is InChI=1S/C19H15F2NO2S/c20-17-12-7-13-18(21)19(17)25(23,24)22(16-10-5-2-6-11-16)14-15-8-3-1-4-9-15/h1-13H,14H2. The topological polar surface area (TPSA) is 37.4 Å². The molecular weight excluding hydrogens is 344 g/mol. The highest BCUT2D eigenvalue weighted by Crippen LogP contribution is 2.28. The maximum Gasteiger partial charge on any atom is 0.270 e. The number of anilines is 1. The molecule has 3 nitrogen and oxygen atoms in total. The van der Waals surface area contributed by atoms with Crippen LogP contribution in [0.2, 0.25) is 0 Å². The van der Waals surface area contributed by atoms with Crippen molar-refractivity contribution < 1.29 is 17.2 Å². The summed E-state index contributed by atoms with van der Waals surface area (Å²) in [6.07, 6.45) is 0. The number of rotatable bonds is 5. The van der Waals surface area contributed by atoms with Gasteiger partial charge in [-0.05, 0) is 29.8 Å². The van der Waals surface area contributed by atoms with Crippen LogP contribution in [-0.2, 0) is 16.6 Å². The van der Waals surface area contributed by atoms with Crippen LogP contribution in [0.3, 0.4) is 0 Å². The van der Waals surface area contributed by atoms with Crippen molar-refractivity contribution in [2.45, 2.75) is 11.4 Å². The molecule has 0 N–H and O–H groups in total. The number of nitrogens with zero attached hydrogens (tertiary/aromatic N) is 1. The number of hydrogen-bond donors (Lipinski definition) is 0. The van der Waals surface area contributed by atoms with E-state index in [-0.39, 0.29) is 6.54 Å². The number of sulfonamides is 1. The maximum absolute atomic E-state index is 14.1. The number of hydrogen-bond acceptors (Lipinski definition) is 2. The second-order valence-electron chi connectivity index (χ2n) is 5.38. The van der Waals surface area contributed by atoms with Gasteiger partial charge in [-0.15, -0.1) is 0 Å². The molecule has 0 spiro atoms. The molecule has 3 rings (SSSR count). The molecule has 0 amide bonds. The minimum absolute atomic E-state index is 0.0407. The maximum atomic E-state index is 14.1. The second kappa shape index (κ2) is 7.03. The monoisotopic (exact) mass is 359 g/mol. The first-order valence-electron chi connectivity index (χ1n) is 7.56. The van der Waals surface area contributed by atoms with Crippen molar-refractivity contribution >= 4 is 15.7 Å². The SMILES string of the molecule is O=S(=O)(c1c(F)cccc1F)N(Cc1ccccc1)c1ccccc1. The average molecular weight is 359 g/mol. The molecule has 0 saturated carbocycles. The Balaban J connectivity index is 2.14. The smallest absolute Gasteiger partial charge is 0.262 e. The van der Waals surface area contributed by atoms with E-state index in [9.17, 15) is 17.2 Å². The van der Waals surface area contributed by atoms with Gasteiger partial charge in [-0.1, -0.05) is 54.6 Å². The van der Waals surface area contributed by atoms with Crippen LogP contribution in [0.4, 0.5) is 14.5 Å². The van der Waals surface area contributed by atoms with Crippen LogP contribution in [-0.4, -0.2) is 8.42 Å². The first kappa shape index (κ1) is 17.1. The second-order valence-corrected chi connectivity index (χ2v) is 7.18. The van der Waals surface area contributed by atoms with Crippen molar-refractivity contribution in [2.75, 3.05) is 4.31 Å². The number of halogens is 2. The molecule has 3 aromatic rings. The van der Waals surface area contributed by atoms with E-state index in [4.69, 9.17) is 0 Å². The molecule has 128 valence electrons. The van der Waals surface area contributed by atoms with Gasteiger partial charge in [-0.3, -0.25) is 4.31 Å². The van der Waals surface area contributed by atoms with Gasteiger partial charge in [0.1, 0.15) is 11.6 Å². The Bertz CT molecular complexity index is 941. The van der Waals surface area contributed by atoms with E-state index in [1.54, 1.807) is 60.7 Å². The fourth-order valence-corrected chi connectivity index (χ4v) is 4.07. The first-order valence-corrected chi connectivity index (χ1v) is 9.00. The number of para-hydroxylation sites is 1. The van der Waals surface area contributed by atoms with Crippen LogP contribution in [0.15, 0.2) is 83.8 Å². The van der Waals surface area contributed by atoms with E-state index in [2.05, 4.69) is 0 Å². The van der Waals surface area contributed by atoms with Crippen LogP contribution in [0.1, 0.15) is 5.56 Å². The summed E-state index contributed by atoms with van der Waals surface area (Å²) in [6, 6.07) is 20.1. The molecule has 0 aromatic heterocycles. The van der Waals surface area contributed by atoms with Gasteiger partial charge >= 0.3 is 0 Å². The molecular formula is C19H15F2NO2S. The van der Waals surface area contributed by atoms with E-state index in [0.29, 0.717) is 11.3 Å². The van der Waals surface area contributed by atoms with E-state index in [1.807, 2.05) is 0 Å². The Labute approximate surface area is 145 Å². The third-order valence-electron chi connectivity index (χ3n) is 3.68. The lowest BCUT2D eigenvalue weighted by molar-refractivity contribution is 0.517. The summed E-state index contributed by atoms with van der Waals surface area (Å²) in [5, 5.41) is 0. The van der Waals surface area contributed by atoms with Gasteiger partial charge < -0.3 is 0 Å². The Kier molecular flexibility index (Phi) is 4.81. The van der Waals surface area contributed by atoms with Gasteiger partial charge in [0.15, 0.2) is 4.90 Å². The fraction of sp³-hybridized carbons (Fsp3) is 0.0526. The number of benzene rings is 3. The summed E-state index contributed by atoms with van der Waals surface area (Å²) in [4.78, 5) is -0.949. The third-order valence-corrected chi connectivity index (χ3v) is 5.51. The molecule has 0 aliphatic carbocycles. The minimum atomic E-state index is -4.43. The van der Waals surface area contributed by atoms with Gasteiger partial charge in [0.25, 0.3) is 10.0 Å². The van der Waals surface area contributed by atoms with Gasteiger partial charge in [-0.2, -0.15) is 0 Å². The van der Waals surface area contributed by atoms with Crippen LogP contribution >= 0.6 is 0 Å². The highest BCUT2D eigenvalue weighted by molar-refractivity contribution is 7.92. The lowest BCUT2D eigenvalue weighted by Crippen LogP contribution is -2.32. The zero-order chi connectivity index (χ0) is 17.9. The zero-order valence-electron chi connectivity index (χ0n) is 13.1. The Morgan fingerprint density at radius 2 is 1.24 bits per heavy atom. The molecule has 3 aromatic carbocycles. The lowest BCUT2D eigenvalue weighted by atomic mass is 10.2. The van der Waals surface area contributed by atoms with Crippen molar-refractivity contribution in [3.63, 3.8) is 0 Å².